The van der Waals surface area contributed by atoms with E-state index in [2.05, 4.69) is 46.3 Å². The molecular formula is C26H25FN4O2. The molecule has 5 rings (SSSR count). The van der Waals surface area contributed by atoms with Crippen LogP contribution in [0.25, 0.3) is 33.3 Å². The molecule has 0 aliphatic carbocycles. The molecule has 33 heavy (non-hydrogen) atoms. The monoisotopic (exact) mass is 444 g/mol. The summed E-state index contributed by atoms with van der Waals surface area (Å²) in [5, 5.41) is 4.62. The standard InChI is InChI=1S/C26H25FN4O2/c1-16-24(15-33-29-16)26-22(14-23-21(17(2)32)12-19(27)13-25(23)28-26)18-4-6-20(7-5-18)31-10-8-30(3)9-11-31/h4-7,12-15H,8-11H2,1-3H3. The molecule has 6 nitrogen and oxygen atoms in total. The Hall–Kier alpha value is -3.58. The van der Waals surface area contributed by atoms with Crippen LogP contribution in [0.2, 0.25) is 0 Å². The Kier molecular flexibility index (Phi) is 5.42. The minimum Gasteiger partial charge on any atom is -0.369 e. The quantitative estimate of drug-likeness (QED) is 0.415. The molecule has 7 heteroatoms. The second-order valence-corrected chi connectivity index (χ2v) is 8.61. The van der Waals surface area contributed by atoms with Crippen molar-refractivity contribution < 1.29 is 13.7 Å². The van der Waals surface area contributed by atoms with Gasteiger partial charge in [-0.1, -0.05) is 17.3 Å². The highest BCUT2D eigenvalue weighted by molar-refractivity contribution is 6.08. The van der Waals surface area contributed by atoms with Gasteiger partial charge in [-0.05, 0) is 50.7 Å². The lowest BCUT2D eigenvalue weighted by Gasteiger charge is -2.34. The largest absolute Gasteiger partial charge is 0.369 e. The maximum absolute atomic E-state index is 14.2. The summed E-state index contributed by atoms with van der Waals surface area (Å²) in [4.78, 5) is 21.7. The van der Waals surface area contributed by atoms with Crippen molar-refractivity contribution in [3.63, 3.8) is 0 Å². The maximum atomic E-state index is 14.2. The number of carbonyl (C=O) groups excluding carboxylic acids is 1. The topological polar surface area (TPSA) is 62.5 Å². The fraction of sp³-hybridized carbons (Fsp3) is 0.269. The number of hydrogen-bond donors (Lipinski definition) is 0. The van der Waals surface area contributed by atoms with E-state index in [9.17, 15) is 9.18 Å². The number of nitrogens with zero attached hydrogens (tertiary/aromatic N) is 4. The highest BCUT2D eigenvalue weighted by atomic mass is 19.1. The number of pyridine rings is 1. The molecular weight excluding hydrogens is 419 g/mol. The molecule has 1 saturated heterocycles. The van der Waals surface area contributed by atoms with Crippen LogP contribution in [0.5, 0.6) is 0 Å². The zero-order chi connectivity index (χ0) is 23.1. The number of aromatic nitrogens is 2. The Balaban J connectivity index is 1.66. The SMILES string of the molecule is CC(=O)c1cc(F)cc2nc(-c3conc3C)c(-c3ccc(N4CCN(C)CC4)cc3)cc12. The number of piperazine rings is 1. The molecule has 1 aliphatic rings. The lowest BCUT2D eigenvalue weighted by atomic mass is 9.95. The predicted molar refractivity (Wildman–Crippen MR) is 127 cm³/mol. The zero-order valence-corrected chi connectivity index (χ0v) is 18.9. The summed E-state index contributed by atoms with van der Waals surface area (Å²) in [5.74, 6) is -0.691. The van der Waals surface area contributed by atoms with Gasteiger partial charge in [0.15, 0.2) is 5.78 Å². The van der Waals surface area contributed by atoms with Crippen molar-refractivity contribution in [3.8, 4) is 22.4 Å². The number of anilines is 1. The molecule has 3 heterocycles. The molecule has 0 unspecified atom stereocenters. The van der Waals surface area contributed by atoms with Crippen LogP contribution in [0, 0.1) is 12.7 Å². The van der Waals surface area contributed by atoms with E-state index in [1.54, 1.807) is 6.26 Å². The summed E-state index contributed by atoms with van der Waals surface area (Å²) in [6.07, 6.45) is 1.55. The molecule has 0 radical (unpaired) electrons. The number of halogens is 1. The van der Waals surface area contributed by atoms with Gasteiger partial charge in [-0.2, -0.15) is 0 Å². The minimum absolute atomic E-state index is 0.202. The summed E-state index contributed by atoms with van der Waals surface area (Å²) in [6, 6.07) is 12.9. The van der Waals surface area contributed by atoms with Gasteiger partial charge in [-0.25, -0.2) is 9.37 Å². The maximum Gasteiger partial charge on any atom is 0.160 e. The van der Waals surface area contributed by atoms with Crippen molar-refractivity contribution in [2.45, 2.75) is 13.8 Å². The number of benzene rings is 2. The first-order valence-electron chi connectivity index (χ1n) is 11.0. The number of Topliss-reactive ketones (excluding diaryl/α,β-unsaturated/α-hetero) is 1. The molecule has 2 aromatic heterocycles. The molecule has 0 bridgehead atoms. The van der Waals surface area contributed by atoms with Crippen LogP contribution in [0.1, 0.15) is 23.0 Å². The third-order valence-corrected chi connectivity index (χ3v) is 6.33. The molecule has 0 spiro atoms. The van der Waals surface area contributed by atoms with E-state index in [0.717, 1.165) is 42.9 Å². The third-order valence-electron chi connectivity index (χ3n) is 6.33. The van der Waals surface area contributed by atoms with Gasteiger partial charge in [0.1, 0.15) is 12.1 Å². The highest BCUT2D eigenvalue weighted by Crippen LogP contribution is 2.36. The molecule has 0 saturated carbocycles. The van der Waals surface area contributed by atoms with Crippen molar-refractivity contribution in [1.29, 1.82) is 0 Å². The number of carbonyl (C=O) groups is 1. The average Bonchev–Trinajstić information content (AvgIpc) is 3.24. The van der Waals surface area contributed by atoms with Crippen molar-refractivity contribution in [3.05, 3.63) is 65.8 Å². The average molecular weight is 445 g/mol. The van der Waals surface area contributed by atoms with E-state index in [4.69, 9.17) is 9.51 Å². The Morgan fingerprint density at radius 1 is 1.03 bits per heavy atom. The van der Waals surface area contributed by atoms with E-state index in [1.807, 2.05) is 13.0 Å². The first-order chi connectivity index (χ1) is 15.9. The molecule has 0 atom stereocenters. The van der Waals surface area contributed by atoms with Crippen LogP contribution < -0.4 is 4.90 Å². The van der Waals surface area contributed by atoms with Gasteiger partial charge in [0, 0.05) is 54.4 Å². The van der Waals surface area contributed by atoms with Gasteiger partial charge in [0.25, 0.3) is 0 Å². The Bertz CT molecular complexity index is 1340. The van der Waals surface area contributed by atoms with Crippen LogP contribution in [0.4, 0.5) is 10.1 Å². The van der Waals surface area contributed by atoms with Gasteiger partial charge < -0.3 is 14.3 Å². The smallest absolute Gasteiger partial charge is 0.160 e. The summed E-state index contributed by atoms with van der Waals surface area (Å²) in [6.45, 7) is 7.35. The van der Waals surface area contributed by atoms with Crippen LogP contribution in [-0.2, 0) is 0 Å². The van der Waals surface area contributed by atoms with Gasteiger partial charge in [-0.3, -0.25) is 4.79 Å². The highest BCUT2D eigenvalue weighted by Gasteiger charge is 2.20. The zero-order valence-electron chi connectivity index (χ0n) is 18.9. The molecule has 168 valence electrons. The van der Waals surface area contributed by atoms with E-state index >= 15 is 0 Å². The number of ketones is 1. The van der Waals surface area contributed by atoms with Gasteiger partial charge >= 0.3 is 0 Å². The first kappa shape index (κ1) is 21.3. The van der Waals surface area contributed by atoms with E-state index in [-0.39, 0.29) is 5.78 Å². The van der Waals surface area contributed by atoms with Crippen molar-refractivity contribution in [2.24, 2.45) is 0 Å². The second-order valence-electron chi connectivity index (χ2n) is 8.61. The molecule has 0 amide bonds. The lowest BCUT2D eigenvalue weighted by Crippen LogP contribution is -2.44. The van der Waals surface area contributed by atoms with Crippen molar-refractivity contribution >= 4 is 22.4 Å². The summed E-state index contributed by atoms with van der Waals surface area (Å²) < 4.78 is 19.4. The minimum atomic E-state index is -0.488. The summed E-state index contributed by atoms with van der Waals surface area (Å²) in [5.41, 5.74) is 5.80. The van der Waals surface area contributed by atoms with E-state index in [1.165, 1.54) is 24.7 Å². The molecule has 1 fully saturated rings. The number of likely N-dealkylation sites (N-methyl/N-ethyl adjacent to an activating group) is 1. The van der Waals surface area contributed by atoms with Crippen LogP contribution in [-0.4, -0.2) is 54.1 Å². The summed E-state index contributed by atoms with van der Waals surface area (Å²) >= 11 is 0. The molecule has 1 aliphatic heterocycles. The number of rotatable bonds is 4. The lowest BCUT2D eigenvalue weighted by molar-refractivity contribution is 0.101. The van der Waals surface area contributed by atoms with Crippen LogP contribution in [0.3, 0.4) is 0 Å². The fourth-order valence-corrected chi connectivity index (χ4v) is 4.39. The second kappa shape index (κ2) is 8.41. The number of hydrogen-bond acceptors (Lipinski definition) is 6. The molecule has 2 aromatic carbocycles. The third kappa shape index (κ3) is 4.00. The Morgan fingerprint density at radius 3 is 2.39 bits per heavy atom. The van der Waals surface area contributed by atoms with Crippen LogP contribution >= 0.6 is 0 Å². The summed E-state index contributed by atoms with van der Waals surface area (Å²) in [7, 11) is 2.14. The van der Waals surface area contributed by atoms with E-state index in [0.29, 0.717) is 27.9 Å². The fourth-order valence-electron chi connectivity index (χ4n) is 4.39. The number of aryl methyl sites for hydroxylation is 1. The number of fused-ring (bicyclic) bond motifs is 1. The molecule has 0 N–H and O–H groups in total. The van der Waals surface area contributed by atoms with Crippen molar-refractivity contribution in [2.75, 3.05) is 38.1 Å². The van der Waals surface area contributed by atoms with Crippen LogP contribution in [0.15, 0.2) is 53.3 Å². The Morgan fingerprint density at radius 2 is 1.76 bits per heavy atom. The molecule has 4 aromatic rings. The normalized spacial score (nSPS) is 14.7. The Labute approximate surface area is 191 Å². The predicted octanol–water partition coefficient (Wildman–Crippen LogP) is 4.96. The van der Waals surface area contributed by atoms with Gasteiger partial charge in [0.2, 0.25) is 0 Å². The van der Waals surface area contributed by atoms with Gasteiger partial charge in [-0.15, -0.1) is 0 Å². The van der Waals surface area contributed by atoms with Crippen molar-refractivity contribution in [1.82, 2.24) is 15.0 Å². The first-order valence-corrected chi connectivity index (χ1v) is 11.0. The van der Waals surface area contributed by atoms with E-state index < -0.39 is 5.82 Å². The van der Waals surface area contributed by atoms with Gasteiger partial charge in [0.05, 0.1) is 22.5 Å².